The molecule has 0 bridgehead atoms. The van der Waals surface area contributed by atoms with Crippen LogP contribution in [-0.2, 0) is 19.9 Å². The normalized spacial score (nSPS) is 12.2. The Bertz CT molecular complexity index is 1150. The van der Waals surface area contributed by atoms with Gasteiger partial charge in [-0.15, -0.1) is 0 Å². The monoisotopic (exact) mass is 468 g/mol. The second-order valence-corrected chi connectivity index (χ2v) is 11.1. The molecule has 10 heteroatoms. The average Bonchev–Trinajstić information content (AvgIpc) is 2.68. The molecule has 0 heterocycles. The lowest BCUT2D eigenvalue weighted by atomic mass is 10.2. The van der Waals surface area contributed by atoms with Crippen molar-refractivity contribution in [2.24, 2.45) is 0 Å². The number of rotatable bonds is 9. The van der Waals surface area contributed by atoms with Crippen LogP contribution in [-0.4, -0.2) is 52.5 Å². The average molecular weight is 469 g/mol. The summed E-state index contributed by atoms with van der Waals surface area (Å²) in [5.41, 5.74) is 0.0905. The molecule has 0 aliphatic rings. The van der Waals surface area contributed by atoms with E-state index in [1.165, 1.54) is 40.7 Å². The highest BCUT2D eigenvalue weighted by molar-refractivity contribution is 7.90. The molecular weight excluding hydrogens is 440 g/mol. The maximum absolute atomic E-state index is 12.9. The summed E-state index contributed by atoms with van der Waals surface area (Å²) in [6, 6.07) is 10.0. The van der Waals surface area contributed by atoms with E-state index in [1.54, 1.807) is 33.8 Å². The lowest BCUT2D eigenvalue weighted by molar-refractivity contribution is 0.102. The van der Waals surface area contributed by atoms with Crippen LogP contribution in [0.25, 0.3) is 0 Å². The van der Waals surface area contributed by atoms with Crippen molar-refractivity contribution in [2.45, 2.75) is 43.6 Å². The minimum Gasteiger partial charge on any atom is -0.489 e. The molecule has 2 aromatic carbocycles. The van der Waals surface area contributed by atoms with E-state index >= 15 is 0 Å². The van der Waals surface area contributed by atoms with Crippen molar-refractivity contribution in [1.29, 1.82) is 0 Å². The van der Waals surface area contributed by atoms with Crippen LogP contribution in [0.2, 0.25) is 0 Å². The Morgan fingerprint density at radius 1 is 1.03 bits per heavy atom. The Hall–Kier alpha value is -2.43. The molecule has 1 amide bonds. The predicted octanol–water partition coefficient (Wildman–Crippen LogP) is 3.16. The van der Waals surface area contributed by atoms with E-state index < -0.39 is 25.8 Å². The third-order valence-electron chi connectivity index (χ3n) is 4.44. The molecule has 0 saturated heterocycles. The predicted molar refractivity (Wildman–Crippen MR) is 120 cm³/mol. The number of sulfonamides is 1. The van der Waals surface area contributed by atoms with Gasteiger partial charge < -0.3 is 10.1 Å². The summed E-state index contributed by atoms with van der Waals surface area (Å²) in [5.74, 6) is -0.411. The standard InChI is InChI=1S/C21H28N2O6S2/c1-6-23(7-2)31(27,28)16-12-13-19(29-15(3)4)18(14-16)22-21(24)17-10-8-9-11-20(17)30(5,25)26/h8-15H,6-7H2,1-5H3,(H,22,24). The van der Waals surface area contributed by atoms with Gasteiger partial charge >= 0.3 is 0 Å². The molecule has 0 spiro atoms. The fraction of sp³-hybridized carbons (Fsp3) is 0.381. The number of hydrogen-bond donors (Lipinski definition) is 1. The Morgan fingerprint density at radius 2 is 1.65 bits per heavy atom. The number of ether oxygens (including phenoxy) is 1. The molecule has 0 aliphatic heterocycles. The number of anilines is 1. The van der Waals surface area contributed by atoms with Crippen LogP contribution in [0.1, 0.15) is 38.1 Å². The summed E-state index contributed by atoms with van der Waals surface area (Å²) in [4.78, 5) is 12.8. The lowest BCUT2D eigenvalue weighted by Crippen LogP contribution is -2.30. The molecule has 0 radical (unpaired) electrons. The van der Waals surface area contributed by atoms with Crippen molar-refractivity contribution in [2.75, 3.05) is 24.7 Å². The highest BCUT2D eigenvalue weighted by Gasteiger charge is 2.25. The molecule has 31 heavy (non-hydrogen) atoms. The first-order valence-corrected chi connectivity index (χ1v) is 13.2. The zero-order chi connectivity index (χ0) is 23.4. The minimum atomic E-state index is -3.77. The van der Waals surface area contributed by atoms with Crippen molar-refractivity contribution in [3.8, 4) is 5.75 Å². The van der Waals surface area contributed by atoms with Gasteiger partial charge in [-0.3, -0.25) is 4.79 Å². The Morgan fingerprint density at radius 3 is 2.19 bits per heavy atom. The van der Waals surface area contributed by atoms with E-state index in [1.807, 2.05) is 0 Å². The van der Waals surface area contributed by atoms with Gasteiger partial charge in [0.05, 0.1) is 27.1 Å². The highest BCUT2D eigenvalue weighted by atomic mass is 32.2. The first-order chi connectivity index (χ1) is 14.4. The van der Waals surface area contributed by atoms with Crippen molar-refractivity contribution >= 4 is 31.5 Å². The highest BCUT2D eigenvalue weighted by Crippen LogP contribution is 2.31. The third kappa shape index (κ3) is 5.84. The Labute approximate surface area is 184 Å². The van der Waals surface area contributed by atoms with Gasteiger partial charge in [0, 0.05) is 19.3 Å². The van der Waals surface area contributed by atoms with Crippen LogP contribution < -0.4 is 10.1 Å². The number of nitrogens with zero attached hydrogens (tertiary/aromatic N) is 1. The first-order valence-electron chi connectivity index (χ1n) is 9.83. The summed E-state index contributed by atoms with van der Waals surface area (Å²) in [6.45, 7) is 7.67. The number of carbonyl (C=O) groups is 1. The summed E-state index contributed by atoms with van der Waals surface area (Å²) < 4.78 is 57.0. The molecule has 0 unspecified atom stereocenters. The number of benzene rings is 2. The summed E-state index contributed by atoms with van der Waals surface area (Å²) in [5, 5.41) is 2.62. The maximum Gasteiger partial charge on any atom is 0.257 e. The molecule has 0 atom stereocenters. The molecule has 0 aliphatic carbocycles. The summed E-state index contributed by atoms with van der Waals surface area (Å²) >= 11 is 0. The molecule has 0 aromatic heterocycles. The van der Waals surface area contributed by atoms with Crippen LogP contribution in [0.5, 0.6) is 5.75 Å². The van der Waals surface area contributed by atoms with Crippen LogP contribution >= 0.6 is 0 Å². The van der Waals surface area contributed by atoms with Crippen molar-refractivity contribution in [1.82, 2.24) is 4.31 Å². The molecule has 2 rings (SSSR count). The number of amides is 1. The van der Waals surface area contributed by atoms with E-state index in [0.29, 0.717) is 13.1 Å². The molecule has 2 aromatic rings. The first kappa shape index (κ1) is 24.8. The number of nitrogens with one attached hydrogen (secondary N) is 1. The molecule has 0 saturated carbocycles. The van der Waals surface area contributed by atoms with Crippen LogP contribution in [0.15, 0.2) is 52.3 Å². The van der Waals surface area contributed by atoms with Gasteiger partial charge in [-0.25, -0.2) is 16.8 Å². The van der Waals surface area contributed by atoms with Crippen LogP contribution in [0.4, 0.5) is 5.69 Å². The Kier molecular flexibility index (Phi) is 7.85. The smallest absolute Gasteiger partial charge is 0.257 e. The van der Waals surface area contributed by atoms with E-state index in [-0.39, 0.29) is 32.9 Å². The zero-order valence-electron chi connectivity index (χ0n) is 18.2. The summed E-state index contributed by atoms with van der Waals surface area (Å²) in [6.07, 6.45) is 0.785. The van der Waals surface area contributed by atoms with E-state index in [9.17, 15) is 21.6 Å². The van der Waals surface area contributed by atoms with Crippen LogP contribution in [0, 0.1) is 0 Å². The number of hydrogen-bond acceptors (Lipinski definition) is 6. The zero-order valence-corrected chi connectivity index (χ0v) is 19.9. The quantitative estimate of drug-likeness (QED) is 0.605. The van der Waals surface area contributed by atoms with Crippen molar-refractivity contribution < 1.29 is 26.4 Å². The van der Waals surface area contributed by atoms with Crippen LogP contribution in [0.3, 0.4) is 0 Å². The third-order valence-corrected chi connectivity index (χ3v) is 7.64. The van der Waals surface area contributed by atoms with E-state index in [0.717, 1.165) is 6.26 Å². The van der Waals surface area contributed by atoms with E-state index in [2.05, 4.69) is 5.32 Å². The fourth-order valence-electron chi connectivity index (χ4n) is 3.00. The molecule has 170 valence electrons. The van der Waals surface area contributed by atoms with Gasteiger partial charge in [0.1, 0.15) is 5.75 Å². The molecular formula is C21H28N2O6S2. The van der Waals surface area contributed by atoms with Gasteiger partial charge in [-0.05, 0) is 44.2 Å². The minimum absolute atomic E-state index is 0.000922. The fourth-order valence-corrected chi connectivity index (χ4v) is 5.37. The SMILES string of the molecule is CCN(CC)S(=O)(=O)c1ccc(OC(C)C)c(NC(=O)c2ccccc2S(C)(=O)=O)c1. The van der Waals surface area contributed by atoms with Gasteiger partial charge in [0.25, 0.3) is 5.91 Å². The lowest BCUT2D eigenvalue weighted by Gasteiger charge is -2.21. The maximum atomic E-state index is 12.9. The van der Waals surface area contributed by atoms with Gasteiger partial charge in [-0.1, -0.05) is 26.0 Å². The topological polar surface area (TPSA) is 110 Å². The molecule has 1 N–H and O–H groups in total. The number of sulfone groups is 1. The largest absolute Gasteiger partial charge is 0.489 e. The van der Waals surface area contributed by atoms with Crippen molar-refractivity contribution in [3.63, 3.8) is 0 Å². The molecule has 0 fully saturated rings. The van der Waals surface area contributed by atoms with Crippen molar-refractivity contribution in [3.05, 3.63) is 48.0 Å². The number of carbonyl (C=O) groups excluding carboxylic acids is 1. The molecule has 8 nitrogen and oxygen atoms in total. The second kappa shape index (κ2) is 9.80. The van der Waals surface area contributed by atoms with Gasteiger partial charge in [-0.2, -0.15) is 4.31 Å². The van der Waals surface area contributed by atoms with Gasteiger partial charge in [0.15, 0.2) is 9.84 Å². The van der Waals surface area contributed by atoms with E-state index in [4.69, 9.17) is 4.74 Å². The van der Waals surface area contributed by atoms with Gasteiger partial charge in [0.2, 0.25) is 10.0 Å². The second-order valence-electron chi connectivity index (χ2n) is 7.14. The summed E-state index contributed by atoms with van der Waals surface area (Å²) in [7, 11) is -7.41. The Balaban J connectivity index is 2.55.